The molecule has 0 aliphatic heterocycles. The van der Waals surface area contributed by atoms with Crippen molar-refractivity contribution in [3.63, 3.8) is 0 Å². The van der Waals surface area contributed by atoms with Crippen LogP contribution in [-0.4, -0.2) is 47.7 Å². The van der Waals surface area contributed by atoms with Crippen LogP contribution in [0, 0.1) is 5.92 Å². The molecule has 0 aliphatic carbocycles. The van der Waals surface area contributed by atoms with Gasteiger partial charge in [-0.15, -0.1) is 0 Å². The number of amides is 1. The number of likely N-dealkylation sites (N-methyl/N-ethyl adjacent to an activating group) is 1. The second-order valence-corrected chi connectivity index (χ2v) is 5.19. The first kappa shape index (κ1) is 14.7. The summed E-state index contributed by atoms with van der Waals surface area (Å²) in [5.41, 5.74) is 1.07. The van der Waals surface area contributed by atoms with E-state index in [0.29, 0.717) is 24.9 Å². The molecule has 102 valence electrons. The Morgan fingerprint density at radius 1 is 1.50 bits per heavy atom. The first-order valence-electron chi connectivity index (χ1n) is 6.41. The summed E-state index contributed by atoms with van der Waals surface area (Å²) in [5, 5.41) is 9.60. The number of carbonyl (C=O) groups is 1. The average Bonchev–Trinajstić information content (AvgIpc) is 2.78. The Bertz CT molecular complexity index is 338. The highest BCUT2D eigenvalue weighted by molar-refractivity contribution is 5.76. The fourth-order valence-corrected chi connectivity index (χ4v) is 1.99. The van der Waals surface area contributed by atoms with E-state index in [9.17, 15) is 4.79 Å². The van der Waals surface area contributed by atoms with Crippen LogP contribution in [0.2, 0.25) is 0 Å². The summed E-state index contributed by atoms with van der Waals surface area (Å²) >= 11 is 0. The van der Waals surface area contributed by atoms with E-state index in [1.54, 1.807) is 6.20 Å². The molecule has 0 bridgehead atoms. The van der Waals surface area contributed by atoms with Crippen molar-refractivity contribution in [3.05, 3.63) is 18.0 Å². The van der Waals surface area contributed by atoms with Gasteiger partial charge in [0.1, 0.15) is 0 Å². The van der Waals surface area contributed by atoms with Gasteiger partial charge in [0.05, 0.1) is 6.20 Å². The quantitative estimate of drug-likeness (QED) is 0.762. The zero-order valence-corrected chi connectivity index (χ0v) is 11.7. The van der Waals surface area contributed by atoms with Crippen molar-refractivity contribution in [1.29, 1.82) is 0 Å². The fraction of sp³-hybridized carbons (Fsp3) is 0.692. The predicted molar refractivity (Wildman–Crippen MR) is 72.2 cm³/mol. The lowest BCUT2D eigenvalue weighted by atomic mass is 10.0. The van der Waals surface area contributed by atoms with Gasteiger partial charge in [-0.1, -0.05) is 13.8 Å². The normalized spacial score (nSPS) is 13.0. The Hall–Kier alpha value is -1.36. The van der Waals surface area contributed by atoms with Crippen LogP contribution in [0.4, 0.5) is 0 Å². The van der Waals surface area contributed by atoms with E-state index < -0.39 is 0 Å². The molecule has 0 radical (unpaired) electrons. The molecular formula is C13H24N4O. The van der Waals surface area contributed by atoms with E-state index in [-0.39, 0.29) is 5.91 Å². The number of hydrogen-bond donors (Lipinski definition) is 2. The van der Waals surface area contributed by atoms with Gasteiger partial charge in [0, 0.05) is 25.2 Å². The molecule has 0 aromatic carbocycles. The van der Waals surface area contributed by atoms with Gasteiger partial charge >= 0.3 is 0 Å². The maximum absolute atomic E-state index is 11.7. The highest BCUT2D eigenvalue weighted by atomic mass is 16.1. The van der Waals surface area contributed by atoms with Crippen LogP contribution in [0.25, 0.3) is 0 Å². The van der Waals surface area contributed by atoms with Crippen LogP contribution in [-0.2, 0) is 11.2 Å². The van der Waals surface area contributed by atoms with Crippen molar-refractivity contribution in [2.24, 2.45) is 5.92 Å². The Morgan fingerprint density at radius 2 is 2.22 bits per heavy atom. The number of rotatable bonds is 7. The third-order valence-electron chi connectivity index (χ3n) is 3.14. The Morgan fingerprint density at radius 3 is 2.72 bits per heavy atom. The molecule has 0 saturated carbocycles. The number of carbonyl (C=O) groups excluding carboxylic acids is 1. The van der Waals surface area contributed by atoms with Crippen molar-refractivity contribution in [2.45, 2.75) is 32.7 Å². The maximum atomic E-state index is 11.7. The molecule has 0 spiro atoms. The fourth-order valence-electron chi connectivity index (χ4n) is 1.99. The van der Waals surface area contributed by atoms with E-state index in [2.05, 4.69) is 34.3 Å². The van der Waals surface area contributed by atoms with Gasteiger partial charge in [-0.3, -0.25) is 9.89 Å². The molecule has 0 saturated heterocycles. The van der Waals surface area contributed by atoms with Crippen molar-refractivity contribution in [1.82, 2.24) is 20.4 Å². The van der Waals surface area contributed by atoms with Crippen LogP contribution >= 0.6 is 0 Å². The monoisotopic (exact) mass is 252 g/mol. The summed E-state index contributed by atoms with van der Waals surface area (Å²) in [6.45, 7) is 5.04. The van der Waals surface area contributed by atoms with Gasteiger partial charge < -0.3 is 10.2 Å². The Labute approximate surface area is 109 Å². The summed E-state index contributed by atoms with van der Waals surface area (Å²) in [6, 6.07) is 0.378. The maximum Gasteiger partial charge on any atom is 0.220 e. The second kappa shape index (κ2) is 7.16. The van der Waals surface area contributed by atoms with E-state index in [4.69, 9.17) is 0 Å². The molecule has 1 aromatic rings. The lowest BCUT2D eigenvalue weighted by Crippen LogP contribution is -2.43. The van der Waals surface area contributed by atoms with Crippen LogP contribution in [0.15, 0.2) is 12.4 Å². The van der Waals surface area contributed by atoms with Crippen molar-refractivity contribution in [2.75, 3.05) is 20.6 Å². The summed E-state index contributed by atoms with van der Waals surface area (Å²) in [6.07, 6.45) is 4.82. The molecule has 1 amide bonds. The van der Waals surface area contributed by atoms with Gasteiger partial charge in [-0.2, -0.15) is 5.10 Å². The molecule has 2 N–H and O–H groups in total. The zero-order valence-electron chi connectivity index (χ0n) is 11.7. The topological polar surface area (TPSA) is 61.0 Å². The van der Waals surface area contributed by atoms with Gasteiger partial charge in [0.15, 0.2) is 0 Å². The van der Waals surface area contributed by atoms with E-state index in [1.807, 2.05) is 20.3 Å². The number of nitrogens with zero attached hydrogens (tertiary/aromatic N) is 2. The Kier molecular flexibility index (Phi) is 5.85. The largest absolute Gasteiger partial charge is 0.355 e. The molecule has 5 heteroatoms. The number of nitrogens with one attached hydrogen (secondary N) is 2. The average molecular weight is 252 g/mol. The highest BCUT2D eigenvalue weighted by Gasteiger charge is 2.16. The summed E-state index contributed by atoms with van der Waals surface area (Å²) in [4.78, 5) is 13.9. The predicted octanol–water partition coefficient (Wildman–Crippen LogP) is 1.04. The van der Waals surface area contributed by atoms with Crippen molar-refractivity contribution in [3.8, 4) is 0 Å². The molecule has 0 unspecified atom stereocenters. The number of aromatic amines is 1. The minimum absolute atomic E-state index is 0.101. The van der Waals surface area contributed by atoms with Crippen LogP contribution in [0.3, 0.4) is 0 Å². The molecule has 5 nitrogen and oxygen atoms in total. The third kappa shape index (κ3) is 4.87. The molecular weight excluding hydrogens is 228 g/mol. The molecule has 18 heavy (non-hydrogen) atoms. The van der Waals surface area contributed by atoms with Crippen LogP contribution < -0.4 is 5.32 Å². The first-order chi connectivity index (χ1) is 8.50. The number of aromatic nitrogens is 2. The molecule has 1 atom stereocenters. The Balaban J connectivity index is 2.27. The van der Waals surface area contributed by atoms with Crippen LogP contribution in [0.5, 0.6) is 0 Å². The standard InChI is InChI=1S/C13H24N4O/c1-10(2)12(17(3)4)9-14-13(18)6-5-11-7-15-16-8-11/h7-8,10,12H,5-6,9H2,1-4H3,(H,14,18)(H,15,16)/t12-/m1/s1. The summed E-state index contributed by atoms with van der Waals surface area (Å²) in [7, 11) is 4.09. The molecule has 0 fully saturated rings. The second-order valence-electron chi connectivity index (χ2n) is 5.19. The molecule has 1 aromatic heterocycles. The van der Waals surface area contributed by atoms with E-state index in [0.717, 1.165) is 12.0 Å². The molecule has 0 aliphatic rings. The van der Waals surface area contributed by atoms with E-state index in [1.165, 1.54) is 0 Å². The van der Waals surface area contributed by atoms with Crippen molar-refractivity contribution >= 4 is 5.91 Å². The molecule has 1 heterocycles. The van der Waals surface area contributed by atoms with Gasteiger partial charge in [-0.05, 0) is 32.0 Å². The minimum Gasteiger partial charge on any atom is -0.355 e. The highest BCUT2D eigenvalue weighted by Crippen LogP contribution is 2.06. The molecule has 1 rings (SSSR count). The van der Waals surface area contributed by atoms with Crippen molar-refractivity contribution < 1.29 is 4.79 Å². The smallest absolute Gasteiger partial charge is 0.220 e. The third-order valence-corrected chi connectivity index (χ3v) is 3.14. The number of hydrogen-bond acceptors (Lipinski definition) is 3. The lowest BCUT2D eigenvalue weighted by Gasteiger charge is -2.28. The zero-order chi connectivity index (χ0) is 13.5. The van der Waals surface area contributed by atoms with E-state index >= 15 is 0 Å². The van der Waals surface area contributed by atoms with Gasteiger partial charge in [-0.25, -0.2) is 0 Å². The number of H-pyrrole nitrogens is 1. The van der Waals surface area contributed by atoms with Gasteiger partial charge in [0.2, 0.25) is 5.91 Å². The van der Waals surface area contributed by atoms with Crippen LogP contribution in [0.1, 0.15) is 25.8 Å². The first-order valence-corrected chi connectivity index (χ1v) is 6.41. The lowest BCUT2D eigenvalue weighted by molar-refractivity contribution is -0.121. The minimum atomic E-state index is 0.101. The summed E-state index contributed by atoms with van der Waals surface area (Å²) < 4.78 is 0. The summed E-state index contributed by atoms with van der Waals surface area (Å²) in [5.74, 6) is 0.623. The number of aryl methyl sites for hydroxylation is 1. The van der Waals surface area contributed by atoms with Gasteiger partial charge in [0.25, 0.3) is 0 Å². The SMILES string of the molecule is CC(C)[C@@H](CNC(=O)CCc1cn[nH]c1)N(C)C.